The Kier molecular flexibility index (Phi) is 4.28. The summed E-state index contributed by atoms with van der Waals surface area (Å²) in [6, 6.07) is 5.46. The quantitative estimate of drug-likeness (QED) is 0.903. The van der Waals surface area contributed by atoms with Crippen LogP contribution in [0.3, 0.4) is 0 Å². The van der Waals surface area contributed by atoms with E-state index in [0.717, 1.165) is 32.2 Å². The molecule has 2 aliphatic rings. The molecule has 6 heteroatoms. The van der Waals surface area contributed by atoms with Gasteiger partial charge in [-0.25, -0.2) is 8.42 Å². The van der Waals surface area contributed by atoms with Crippen LogP contribution in [-0.4, -0.2) is 37.9 Å². The predicted molar refractivity (Wildman–Crippen MR) is 84.1 cm³/mol. The summed E-state index contributed by atoms with van der Waals surface area (Å²) in [5, 5.41) is 3.96. The molecule has 3 rings (SSSR count). The summed E-state index contributed by atoms with van der Waals surface area (Å²) in [6.07, 6.45) is 4.12. The lowest BCUT2D eigenvalue weighted by Crippen LogP contribution is -2.42. The number of nitrogens with one attached hydrogen (secondary N) is 1. The van der Waals surface area contributed by atoms with Gasteiger partial charge < -0.3 is 5.32 Å². The second kappa shape index (κ2) is 5.88. The maximum absolute atomic E-state index is 13.0. The number of rotatable bonds is 5. The number of halogens is 1. The van der Waals surface area contributed by atoms with Gasteiger partial charge in [0, 0.05) is 23.7 Å². The molecule has 1 aliphatic carbocycles. The zero-order valence-electron chi connectivity index (χ0n) is 12.2. The number of benzene rings is 1. The smallest absolute Gasteiger partial charge is 0.243 e. The van der Waals surface area contributed by atoms with Crippen molar-refractivity contribution in [2.24, 2.45) is 0 Å². The van der Waals surface area contributed by atoms with E-state index in [0.29, 0.717) is 22.0 Å². The topological polar surface area (TPSA) is 49.4 Å². The molecule has 1 N–H and O–H groups in total. The van der Waals surface area contributed by atoms with Crippen molar-refractivity contribution in [3.05, 3.63) is 28.8 Å². The molecule has 21 heavy (non-hydrogen) atoms. The Morgan fingerprint density at radius 3 is 2.67 bits per heavy atom. The summed E-state index contributed by atoms with van der Waals surface area (Å²) in [4.78, 5) is 0.386. The van der Waals surface area contributed by atoms with E-state index in [1.807, 2.05) is 0 Å². The van der Waals surface area contributed by atoms with Crippen LogP contribution >= 0.6 is 11.6 Å². The molecule has 1 unspecified atom stereocenters. The van der Waals surface area contributed by atoms with Crippen molar-refractivity contribution in [2.75, 3.05) is 13.1 Å². The molecule has 0 aromatic heterocycles. The van der Waals surface area contributed by atoms with Gasteiger partial charge in [-0.3, -0.25) is 0 Å². The van der Waals surface area contributed by atoms with Crippen LogP contribution in [0.25, 0.3) is 0 Å². The lowest BCUT2D eigenvalue weighted by atomic mass is 10.2. The van der Waals surface area contributed by atoms with Crippen molar-refractivity contribution in [2.45, 2.75) is 49.6 Å². The molecule has 1 atom stereocenters. The SMILES string of the molecule is Cc1cc(Cl)ccc1S(=O)(=O)N(CC1CCCN1)C1CC1. The fraction of sp³-hybridized carbons (Fsp3) is 0.600. The molecule has 0 spiro atoms. The van der Waals surface area contributed by atoms with Gasteiger partial charge >= 0.3 is 0 Å². The average molecular weight is 329 g/mol. The summed E-state index contributed by atoms with van der Waals surface area (Å²) >= 11 is 5.94. The summed E-state index contributed by atoms with van der Waals surface area (Å²) < 4.78 is 27.7. The van der Waals surface area contributed by atoms with Crippen LogP contribution in [0, 0.1) is 6.92 Å². The van der Waals surface area contributed by atoms with Gasteiger partial charge in [0.1, 0.15) is 0 Å². The van der Waals surface area contributed by atoms with Crippen LogP contribution in [-0.2, 0) is 10.0 Å². The first-order chi connectivity index (χ1) is 9.98. The molecule has 1 aromatic carbocycles. The Bertz CT molecular complexity index is 623. The van der Waals surface area contributed by atoms with Gasteiger partial charge in [-0.1, -0.05) is 11.6 Å². The molecule has 116 valence electrons. The minimum absolute atomic E-state index is 0.174. The zero-order chi connectivity index (χ0) is 15.0. The van der Waals surface area contributed by atoms with Crippen molar-refractivity contribution in [3.8, 4) is 0 Å². The van der Waals surface area contributed by atoms with Gasteiger partial charge in [0.25, 0.3) is 0 Å². The summed E-state index contributed by atoms with van der Waals surface area (Å²) in [5.74, 6) is 0. The molecule has 1 saturated carbocycles. The molecule has 1 saturated heterocycles. The first kappa shape index (κ1) is 15.3. The minimum atomic E-state index is -3.44. The molecule has 2 fully saturated rings. The highest BCUT2D eigenvalue weighted by molar-refractivity contribution is 7.89. The standard InChI is InChI=1S/C15H21ClN2O2S/c1-11-9-12(16)4-7-15(11)21(19,20)18(14-5-6-14)10-13-3-2-8-17-13/h4,7,9,13-14,17H,2-3,5-6,8,10H2,1H3. The van der Waals surface area contributed by atoms with E-state index in [9.17, 15) is 8.42 Å². The van der Waals surface area contributed by atoms with Crippen LogP contribution in [0.15, 0.2) is 23.1 Å². The van der Waals surface area contributed by atoms with Gasteiger partial charge in [0.05, 0.1) is 4.90 Å². The lowest BCUT2D eigenvalue weighted by Gasteiger charge is -2.26. The maximum atomic E-state index is 13.0. The normalized spacial score (nSPS) is 22.9. The molecule has 4 nitrogen and oxygen atoms in total. The van der Waals surface area contributed by atoms with E-state index in [1.54, 1.807) is 29.4 Å². The Morgan fingerprint density at radius 2 is 2.10 bits per heavy atom. The third-order valence-electron chi connectivity index (χ3n) is 4.24. The molecule has 1 heterocycles. The number of aryl methyl sites for hydroxylation is 1. The Balaban J connectivity index is 1.89. The molecule has 0 amide bonds. The predicted octanol–water partition coefficient (Wildman–Crippen LogP) is 2.55. The van der Waals surface area contributed by atoms with Crippen molar-refractivity contribution in [1.82, 2.24) is 9.62 Å². The van der Waals surface area contributed by atoms with Gasteiger partial charge in [-0.05, 0) is 62.9 Å². The van der Waals surface area contributed by atoms with E-state index in [4.69, 9.17) is 11.6 Å². The lowest BCUT2D eigenvalue weighted by molar-refractivity contribution is 0.362. The first-order valence-corrected chi connectivity index (χ1v) is 9.31. The van der Waals surface area contributed by atoms with Crippen molar-refractivity contribution in [3.63, 3.8) is 0 Å². The maximum Gasteiger partial charge on any atom is 0.243 e. The monoisotopic (exact) mass is 328 g/mol. The number of sulfonamides is 1. The van der Waals surface area contributed by atoms with Crippen LogP contribution in [0.4, 0.5) is 0 Å². The van der Waals surface area contributed by atoms with Gasteiger partial charge in [-0.15, -0.1) is 0 Å². The van der Waals surface area contributed by atoms with Gasteiger partial charge in [-0.2, -0.15) is 4.31 Å². The largest absolute Gasteiger partial charge is 0.313 e. The van der Waals surface area contributed by atoms with E-state index >= 15 is 0 Å². The van der Waals surface area contributed by atoms with E-state index in [-0.39, 0.29) is 12.1 Å². The highest BCUT2D eigenvalue weighted by atomic mass is 35.5. The van der Waals surface area contributed by atoms with Crippen molar-refractivity contribution >= 4 is 21.6 Å². The third-order valence-corrected chi connectivity index (χ3v) is 6.55. The van der Waals surface area contributed by atoms with E-state index in [2.05, 4.69) is 5.32 Å². The molecule has 1 aromatic rings. The fourth-order valence-electron chi connectivity index (χ4n) is 2.96. The summed E-state index contributed by atoms with van der Waals surface area (Å²) in [7, 11) is -3.44. The fourth-order valence-corrected chi connectivity index (χ4v) is 5.13. The van der Waals surface area contributed by atoms with Crippen LogP contribution < -0.4 is 5.32 Å². The Morgan fingerprint density at radius 1 is 1.33 bits per heavy atom. The molecule has 0 radical (unpaired) electrons. The minimum Gasteiger partial charge on any atom is -0.313 e. The molecule has 1 aliphatic heterocycles. The number of hydrogen-bond acceptors (Lipinski definition) is 3. The second-order valence-corrected chi connectivity index (χ2v) is 8.30. The highest BCUT2D eigenvalue weighted by Crippen LogP contribution is 2.34. The first-order valence-electron chi connectivity index (χ1n) is 7.50. The number of nitrogens with zero attached hydrogens (tertiary/aromatic N) is 1. The van der Waals surface area contributed by atoms with Crippen LogP contribution in [0.1, 0.15) is 31.2 Å². The highest BCUT2D eigenvalue weighted by Gasteiger charge is 2.40. The van der Waals surface area contributed by atoms with Crippen LogP contribution in [0.5, 0.6) is 0 Å². The Hall–Kier alpha value is -0.620. The van der Waals surface area contributed by atoms with Crippen molar-refractivity contribution < 1.29 is 8.42 Å². The van der Waals surface area contributed by atoms with E-state index in [1.165, 1.54) is 0 Å². The summed E-state index contributed by atoms with van der Waals surface area (Å²) in [6.45, 7) is 3.37. The van der Waals surface area contributed by atoms with Crippen molar-refractivity contribution in [1.29, 1.82) is 0 Å². The zero-order valence-corrected chi connectivity index (χ0v) is 13.8. The third kappa shape index (κ3) is 3.26. The van der Waals surface area contributed by atoms with Gasteiger partial charge in [0.2, 0.25) is 10.0 Å². The van der Waals surface area contributed by atoms with E-state index < -0.39 is 10.0 Å². The molecule has 0 bridgehead atoms. The average Bonchev–Trinajstić information content (AvgIpc) is 3.11. The molecular weight excluding hydrogens is 308 g/mol. The second-order valence-electron chi connectivity index (χ2n) is 6.01. The Labute approximate surface area is 131 Å². The summed E-state index contributed by atoms with van der Waals surface area (Å²) in [5.41, 5.74) is 0.715. The van der Waals surface area contributed by atoms with Crippen LogP contribution in [0.2, 0.25) is 5.02 Å². The van der Waals surface area contributed by atoms with Gasteiger partial charge in [0.15, 0.2) is 0 Å². The number of hydrogen-bond donors (Lipinski definition) is 1. The molecular formula is C15H21ClN2O2S.